The van der Waals surface area contributed by atoms with Crippen molar-refractivity contribution in [1.82, 2.24) is 15.5 Å². The van der Waals surface area contributed by atoms with E-state index in [0.717, 1.165) is 57.0 Å². The van der Waals surface area contributed by atoms with Crippen LogP contribution in [0.1, 0.15) is 31.2 Å². The van der Waals surface area contributed by atoms with E-state index in [2.05, 4.69) is 34.6 Å². The van der Waals surface area contributed by atoms with E-state index < -0.39 is 0 Å². The van der Waals surface area contributed by atoms with Crippen LogP contribution in [0.3, 0.4) is 0 Å². The molecule has 0 amide bonds. The number of likely N-dealkylation sites (N-methyl/N-ethyl adjacent to an activating group) is 1. The molecule has 3 rings (SSSR count). The van der Waals surface area contributed by atoms with Crippen molar-refractivity contribution in [2.75, 3.05) is 47.4 Å². The summed E-state index contributed by atoms with van der Waals surface area (Å²) in [6.45, 7) is 3.10. The van der Waals surface area contributed by atoms with Gasteiger partial charge in [0.2, 0.25) is 0 Å². The standard InChI is InChI=1S/C20H31FN4O/c1-22-18(24-15-20(25(2)3)10-12-26-13-11-20)23-14-19(8-9-19)16-6-4-5-7-17(16)21/h4-7H,8-15H2,1-3H3,(H2,22,23,24). The maximum atomic E-state index is 14.2. The third-order valence-electron chi connectivity index (χ3n) is 6.07. The van der Waals surface area contributed by atoms with Crippen LogP contribution in [0.15, 0.2) is 29.3 Å². The summed E-state index contributed by atoms with van der Waals surface area (Å²) in [4.78, 5) is 6.65. The molecule has 1 aliphatic heterocycles. The highest BCUT2D eigenvalue weighted by Crippen LogP contribution is 2.48. The van der Waals surface area contributed by atoms with Gasteiger partial charge in [-0.15, -0.1) is 0 Å². The minimum atomic E-state index is -0.108. The zero-order valence-corrected chi connectivity index (χ0v) is 16.1. The number of hydrogen-bond donors (Lipinski definition) is 2. The predicted octanol–water partition coefficient (Wildman–Crippen LogP) is 2.13. The highest BCUT2D eigenvalue weighted by molar-refractivity contribution is 5.80. The topological polar surface area (TPSA) is 48.9 Å². The highest BCUT2D eigenvalue weighted by Gasteiger charge is 2.46. The van der Waals surface area contributed by atoms with E-state index in [0.29, 0.717) is 6.54 Å². The van der Waals surface area contributed by atoms with E-state index in [1.165, 1.54) is 0 Å². The number of halogens is 1. The normalized spacial score (nSPS) is 21.5. The van der Waals surface area contributed by atoms with Crippen molar-refractivity contribution in [1.29, 1.82) is 0 Å². The predicted molar refractivity (Wildman–Crippen MR) is 103 cm³/mol. The van der Waals surface area contributed by atoms with Gasteiger partial charge in [0.25, 0.3) is 0 Å². The smallest absolute Gasteiger partial charge is 0.191 e. The molecule has 26 heavy (non-hydrogen) atoms. The van der Waals surface area contributed by atoms with Crippen molar-refractivity contribution in [2.24, 2.45) is 4.99 Å². The lowest BCUT2D eigenvalue weighted by atomic mass is 9.88. The van der Waals surface area contributed by atoms with Crippen LogP contribution in [0.4, 0.5) is 4.39 Å². The van der Waals surface area contributed by atoms with Crippen LogP contribution in [0.5, 0.6) is 0 Å². The lowest BCUT2D eigenvalue weighted by molar-refractivity contribution is -0.00501. The summed E-state index contributed by atoms with van der Waals surface area (Å²) < 4.78 is 19.7. The van der Waals surface area contributed by atoms with Gasteiger partial charge in [-0.3, -0.25) is 4.99 Å². The SMILES string of the molecule is CN=C(NCC1(c2ccccc2F)CC1)NCC1(N(C)C)CCOCC1. The fraction of sp³-hybridized carbons (Fsp3) is 0.650. The molecule has 1 saturated heterocycles. The maximum absolute atomic E-state index is 14.2. The zero-order valence-electron chi connectivity index (χ0n) is 16.1. The third kappa shape index (κ3) is 4.01. The monoisotopic (exact) mass is 362 g/mol. The fourth-order valence-corrected chi connectivity index (χ4v) is 3.84. The summed E-state index contributed by atoms with van der Waals surface area (Å²) in [5.41, 5.74) is 0.802. The maximum Gasteiger partial charge on any atom is 0.191 e. The molecular formula is C20H31FN4O. The first-order valence-electron chi connectivity index (χ1n) is 9.46. The second-order valence-electron chi connectivity index (χ2n) is 7.77. The fourth-order valence-electron chi connectivity index (χ4n) is 3.84. The molecule has 0 bridgehead atoms. The zero-order chi connectivity index (χ0) is 18.6. The van der Waals surface area contributed by atoms with Gasteiger partial charge in [0.05, 0.1) is 0 Å². The van der Waals surface area contributed by atoms with Crippen LogP contribution in [-0.2, 0) is 10.2 Å². The number of aliphatic imine (C=N–C) groups is 1. The van der Waals surface area contributed by atoms with Gasteiger partial charge in [-0.1, -0.05) is 18.2 Å². The van der Waals surface area contributed by atoms with Gasteiger partial charge in [-0.25, -0.2) is 4.39 Å². The van der Waals surface area contributed by atoms with Gasteiger partial charge in [-0.2, -0.15) is 0 Å². The van der Waals surface area contributed by atoms with Crippen LogP contribution < -0.4 is 10.6 Å². The second-order valence-corrected chi connectivity index (χ2v) is 7.77. The van der Waals surface area contributed by atoms with E-state index >= 15 is 0 Å². The quantitative estimate of drug-likeness (QED) is 0.601. The summed E-state index contributed by atoms with van der Waals surface area (Å²) in [5.74, 6) is 0.670. The molecule has 0 radical (unpaired) electrons. The van der Waals surface area contributed by atoms with Crippen molar-refractivity contribution in [3.63, 3.8) is 0 Å². The molecule has 2 fully saturated rings. The molecule has 1 aromatic carbocycles. The summed E-state index contributed by atoms with van der Waals surface area (Å²) in [5, 5.41) is 6.89. The van der Waals surface area contributed by atoms with E-state index in [1.807, 2.05) is 12.1 Å². The molecule has 2 aliphatic rings. The Morgan fingerprint density at radius 1 is 1.12 bits per heavy atom. The first kappa shape index (κ1) is 19.1. The number of benzene rings is 1. The molecule has 1 aromatic rings. The Hall–Kier alpha value is -1.66. The largest absolute Gasteiger partial charge is 0.381 e. The molecule has 6 heteroatoms. The Morgan fingerprint density at radius 2 is 1.77 bits per heavy atom. The number of guanidine groups is 1. The molecule has 0 aromatic heterocycles. The molecule has 144 valence electrons. The summed E-state index contributed by atoms with van der Waals surface area (Å²) in [7, 11) is 6.03. The molecule has 0 atom stereocenters. The average molecular weight is 362 g/mol. The molecule has 1 heterocycles. The Kier molecular flexibility index (Phi) is 5.82. The minimum Gasteiger partial charge on any atom is -0.381 e. The molecule has 0 unspecified atom stereocenters. The van der Waals surface area contributed by atoms with Crippen LogP contribution in [-0.4, -0.2) is 63.8 Å². The van der Waals surface area contributed by atoms with Crippen molar-refractivity contribution in [2.45, 2.75) is 36.6 Å². The molecule has 0 spiro atoms. The molecule has 5 nitrogen and oxygen atoms in total. The van der Waals surface area contributed by atoms with E-state index in [-0.39, 0.29) is 16.8 Å². The lowest BCUT2D eigenvalue weighted by Crippen LogP contribution is -2.57. The highest BCUT2D eigenvalue weighted by atomic mass is 19.1. The Balaban J connectivity index is 1.58. The van der Waals surface area contributed by atoms with Crippen molar-refractivity contribution >= 4 is 5.96 Å². The van der Waals surface area contributed by atoms with Gasteiger partial charge in [-0.05, 0) is 51.4 Å². The van der Waals surface area contributed by atoms with Crippen LogP contribution in [0.2, 0.25) is 0 Å². The lowest BCUT2D eigenvalue weighted by Gasteiger charge is -2.43. The number of hydrogen-bond acceptors (Lipinski definition) is 3. The van der Waals surface area contributed by atoms with Crippen LogP contribution in [0, 0.1) is 5.82 Å². The van der Waals surface area contributed by atoms with Crippen LogP contribution in [0.25, 0.3) is 0 Å². The van der Waals surface area contributed by atoms with Gasteiger partial charge in [0.1, 0.15) is 5.82 Å². The Morgan fingerprint density at radius 3 is 2.35 bits per heavy atom. The number of nitrogens with zero attached hydrogens (tertiary/aromatic N) is 2. The molecular weight excluding hydrogens is 331 g/mol. The van der Waals surface area contributed by atoms with Crippen molar-refractivity contribution in [3.05, 3.63) is 35.6 Å². The summed E-state index contributed by atoms with van der Waals surface area (Å²) >= 11 is 0. The van der Waals surface area contributed by atoms with E-state index in [4.69, 9.17) is 4.74 Å². The van der Waals surface area contributed by atoms with Crippen molar-refractivity contribution in [3.8, 4) is 0 Å². The second kappa shape index (κ2) is 7.92. The van der Waals surface area contributed by atoms with Gasteiger partial charge in [0.15, 0.2) is 5.96 Å². The van der Waals surface area contributed by atoms with Crippen molar-refractivity contribution < 1.29 is 9.13 Å². The molecule has 2 N–H and O–H groups in total. The first-order chi connectivity index (χ1) is 12.5. The number of ether oxygens (including phenoxy) is 1. The molecule has 1 saturated carbocycles. The number of nitrogens with one attached hydrogen (secondary N) is 2. The Labute approximate surface area is 156 Å². The van der Waals surface area contributed by atoms with E-state index in [1.54, 1.807) is 19.2 Å². The van der Waals surface area contributed by atoms with Gasteiger partial charge < -0.3 is 20.3 Å². The third-order valence-corrected chi connectivity index (χ3v) is 6.07. The molecule has 1 aliphatic carbocycles. The van der Waals surface area contributed by atoms with Gasteiger partial charge >= 0.3 is 0 Å². The Bertz CT molecular complexity index is 636. The number of rotatable bonds is 6. The minimum absolute atomic E-state index is 0.0820. The summed E-state index contributed by atoms with van der Waals surface area (Å²) in [6.07, 6.45) is 4.03. The average Bonchev–Trinajstić information content (AvgIpc) is 3.44. The van der Waals surface area contributed by atoms with E-state index in [9.17, 15) is 4.39 Å². The summed E-state index contributed by atoms with van der Waals surface area (Å²) in [6, 6.07) is 7.12. The van der Waals surface area contributed by atoms with Crippen LogP contribution >= 0.6 is 0 Å². The first-order valence-corrected chi connectivity index (χ1v) is 9.46. The van der Waals surface area contributed by atoms with Gasteiger partial charge in [0, 0.05) is 44.3 Å².